The molecule has 10 aliphatic rings. The molecule has 122 heavy (non-hydrogen) atoms. The van der Waals surface area contributed by atoms with Gasteiger partial charge in [0.1, 0.15) is 63.0 Å². The lowest BCUT2D eigenvalue weighted by Crippen LogP contribution is -2.36. The number of hydrogen-bond donors (Lipinski definition) is 1. The number of ether oxygens (including phenoxy) is 9. The molecule has 1 N–H and O–H groups in total. The normalized spacial score (nSPS) is 23.5. The van der Waals surface area contributed by atoms with Gasteiger partial charge in [-0.1, -0.05) is 0 Å². The first kappa shape index (κ1) is 82.7. The molecule has 12 heterocycles. The fraction of sp³-hybridized carbons (Fsp3) is 0.553. The fourth-order valence-electron chi connectivity index (χ4n) is 19.1. The minimum Gasteiger partial charge on any atom is -0.488 e. The molecule has 5 saturated heterocycles. The number of nitrogens with zero attached hydrogens (tertiary/aromatic N) is 18. The zero-order valence-electron chi connectivity index (χ0n) is 71.2. The second kappa shape index (κ2) is 39.9. The second-order valence-electron chi connectivity index (χ2n) is 34.9. The van der Waals surface area contributed by atoms with Crippen molar-refractivity contribution in [2.45, 2.75) is 178 Å². The van der Waals surface area contributed by atoms with Crippen LogP contribution in [0.3, 0.4) is 0 Å². The predicted molar refractivity (Wildman–Crippen MR) is 471 cm³/mol. The van der Waals surface area contributed by atoms with Crippen LogP contribution in [0.2, 0.25) is 0 Å². The van der Waals surface area contributed by atoms with Gasteiger partial charge in [0.05, 0.1) is 124 Å². The van der Waals surface area contributed by atoms with Gasteiger partial charge in [0, 0.05) is 211 Å². The van der Waals surface area contributed by atoms with Gasteiger partial charge >= 0.3 is 0 Å². The van der Waals surface area contributed by atoms with Crippen molar-refractivity contribution < 1.29 is 42.6 Å². The van der Waals surface area contributed by atoms with Gasteiger partial charge in [0.15, 0.2) is 0 Å². The molecule has 10 fully saturated rings. The van der Waals surface area contributed by atoms with Crippen LogP contribution in [0.1, 0.15) is 151 Å². The van der Waals surface area contributed by atoms with E-state index in [1.165, 1.54) is 75.0 Å². The van der Waals surface area contributed by atoms with E-state index in [0.717, 1.165) is 309 Å². The van der Waals surface area contributed by atoms with Gasteiger partial charge in [-0.25, -0.2) is 34.9 Å². The molecular formula is C94H119N19O9. The number of morpholine rings is 4. The molecule has 644 valence electrons. The van der Waals surface area contributed by atoms with Crippen LogP contribution in [0, 0.1) is 30.6 Å². The lowest BCUT2D eigenvalue weighted by atomic mass is 9.81. The maximum Gasteiger partial charge on any atom is 0.149 e. The standard InChI is InChI=1S/C25H30N6O2.C24H31N5O2.C23H29N5O2.C22H29N3O3/c1-2-17(1)21-15-24(29-16-28-21)30-18-3-5-20(6-4-18)33-23-14-19(31-9-11-32-12-10-31)13-22-25(23)27-8-7-26-22;1-17-16-28(2)23(27-17)13-18-3-5-20(6-4-18)31-22-15-19(29-9-11-30-12-10-29)14-21-24(22)26-8-7-25-21;1-27-9-6-18(26-27)14-17-2-4-20(5-3-17)30-22-16-19(28-10-12-29-13-11-28)15-21-23(22)25-8-7-24-21;1-3-19(4-2-16(1)11-17-14-27-15-17)28-21-13-18(25-7-9-26-10-8-25)12-20-22(21)24-6-5-23-20/h7-8,13-18,20H,1-6,9-12H2,(H,28,29,30);7-8,14-16,18,20H,3-6,9-13H2,1-2H3;6-9,15-17,20H,2-5,10-14H2,1H3;5-6,12-13,16-17,19H,1-4,7-11,14-15H2. The Kier molecular flexibility index (Phi) is 27.1. The Balaban J connectivity index is 0.000000111. The summed E-state index contributed by atoms with van der Waals surface area (Å²) in [4.78, 5) is 59.4. The van der Waals surface area contributed by atoms with Crippen molar-refractivity contribution in [2.24, 2.45) is 37.8 Å². The summed E-state index contributed by atoms with van der Waals surface area (Å²) >= 11 is 0. The van der Waals surface area contributed by atoms with Crippen LogP contribution in [0.5, 0.6) is 23.0 Å². The van der Waals surface area contributed by atoms with Gasteiger partial charge in [-0.3, -0.25) is 24.6 Å². The second-order valence-corrected chi connectivity index (χ2v) is 34.9. The van der Waals surface area contributed by atoms with Gasteiger partial charge in [0.25, 0.3) is 0 Å². The lowest BCUT2D eigenvalue weighted by molar-refractivity contribution is -0.0464. The van der Waals surface area contributed by atoms with Crippen molar-refractivity contribution in [3.05, 3.63) is 152 Å². The highest BCUT2D eigenvalue weighted by molar-refractivity contribution is 5.88. The molecule has 28 nitrogen and oxygen atoms in total. The summed E-state index contributed by atoms with van der Waals surface area (Å²) in [5.41, 5.74) is 15.0. The van der Waals surface area contributed by atoms with Crippen molar-refractivity contribution in [1.82, 2.24) is 69.2 Å². The number of aryl methyl sites for hydroxylation is 3. The number of rotatable bonds is 21. The Labute approximate surface area is 714 Å². The molecule has 28 heteroatoms. The van der Waals surface area contributed by atoms with E-state index in [1.54, 1.807) is 55.9 Å². The lowest BCUT2D eigenvalue weighted by Gasteiger charge is -2.34. The van der Waals surface area contributed by atoms with Crippen molar-refractivity contribution >= 4 is 72.7 Å². The Hall–Kier alpha value is -10.3. The van der Waals surface area contributed by atoms with E-state index in [0.29, 0.717) is 23.8 Å². The molecule has 5 aliphatic heterocycles. The Morgan fingerprint density at radius 1 is 0.385 bits per heavy atom. The topological polar surface area (TPSA) is 273 Å². The zero-order chi connectivity index (χ0) is 82.3. The molecule has 0 unspecified atom stereocenters. The molecule has 5 aliphatic carbocycles. The van der Waals surface area contributed by atoms with Crippen LogP contribution in [-0.4, -0.2) is 218 Å². The van der Waals surface area contributed by atoms with Crippen LogP contribution in [0.25, 0.3) is 44.1 Å². The van der Waals surface area contributed by atoms with E-state index in [4.69, 9.17) is 42.6 Å². The number of benzene rings is 4. The van der Waals surface area contributed by atoms with Crippen LogP contribution in [0.4, 0.5) is 28.6 Å². The molecule has 11 aromatic rings. The molecule has 4 aromatic carbocycles. The summed E-state index contributed by atoms with van der Waals surface area (Å²) in [6, 6.07) is 21.7. The number of anilines is 5. The first-order valence-corrected chi connectivity index (χ1v) is 45.2. The Morgan fingerprint density at radius 2 is 0.762 bits per heavy atom. The fourth-order valence-corrected chi connectivity index (χ4v) is 19.1. The summed E-state index contributed by atoms with van der Waals surface area (Å²) in [5.74, 6) is 9.22. The number of nitrogens with one attached hydrogen (secondary N) is 1. The van der Waals surface area contributed by atoms with Crippen molar-refractivity contribution in [2.75, 3.05) is 143 Å². The average molecular weight is 1660 g/mol. The molecule has 5 saturated carbocycles. The van der Waals surface area contributed by atoms with E-state index in [9.17, 15) is 0 Å². The minimum absolute atomic E-state index is 0.181. The van der Waals surface area contributed by atoms with E-state index < -0.39 is 0 Å². The summed E-state index contributed by atoms with van der Waals surface area (Å²) < 4.78 is 57.5. The highest BCUT2D eigenvalue weighted by Crippen LogP contribution is 2.43. The number of aromatic nitrogens is 14. The third-order valence-corrected chi connectivity index (χ3v) is 26.1. The van der Waals surface area contributed by atoms with Crippen LogP contribution >= 0.6 is 0 Å². The third kappa shape index (κ3) is 21.5. The van der Waals surface area contributed by atoms with Gasteiger partial charge in [-0.15, -0.1) is 0 Å². The SMILES string of the molecule is Cc1cn(C)c(CC2CCC(Oc3cc(N4CCOCC4)cc4nccnc34)CC2)n1.Cn1ccc(CC2CCC(Oc3cc(N4CCOCC4)cc4nccnc34)CC2)n1.c1cnc2c(OC3CCC(CC4COC4)CC3)cc(N3CCOCC3)cc2n1.c1nc(NC2CCC(Oc3cc(N4CCOCC4)cc4nccnc34)CC2)cc(C2CC2)n1. The first-order valence-electron chi connectivity index (χ1n) is 45.2. The van der Waals surface area contributed by atoms with Crippen molar-refractivity contribution in [3.63, 3.8) is 0 Å². The molecule has 0 atom stereocenters. The first-order chi connectivity index (χ1) is 60.1. The van der Waals surface area contributed by atoms with Crippen molar-refractivity contribution in [1.29, 1.82) is 0 Å². The third-order valence-electron chi connectivity index (χ3n) is 26.1. The average Bonchev–Trinajstić information content (AvgIpc) is 0.880. The highest BCUT2D eigenvalue weighted by Gasteiger charge is 2.33. The number of fused-ring (bicyclic) bond motifs is 4. The molecule has 0 bridgehead atoms. The summed E-state index contributed by atoms with van der Waals surface area (Å²) in [7, 11) is 4.07. The highest BCUT2D eigenvalue weighted by atomic mass is 16.5. The summed E-state index contributed by atoms with van der Waals surface area (Å²) in [5, 5.41) is 8.16. The van der Waals surface area contributed by atoms with Gasteiger partial charge in [0.2, 0.25) is 0 Å². The molecule has 0 amide bonds. The van der Waals surface area contributed by atoms with Crippen molar-refractivity contribution in [3.8, 4) is 23.0 Å². The van der Waals surface area contributed by atoms with E-state index >= 15 is 0 Å². The minimum atomic E-state index is 0.181. The van der Waals surface area contributed by atoms with Crippen LogP contribution in [0.15, 0.2) is 129 Å². The zero-order valence-corrected chi connectivity index (χ0v) is 71.2. The Bertz CT molecular complexity index is 5210. The van der Waals surface area contributed by atoms with E-state index in [1.807, 2.05) is 17.9 Å². The Morgan fingerprint density at radius 3 is 1.11 bits per heavy atom. The van der Waals surface area contributed by atoms with E-state index in [2.05, 4.69) is 170 Å². The number of hydrogen-bond acceptors (Lipinski definition) is 26. The summed E-state index contributed by atoms with van der Waals surface area (Å²) in [6.07, 6.45) is 44.5. The van der Waals surface area contributed by atoms with Gasteiger partial charge < -0.3 is 72.1 Å². The largest absolute Gasteiger partial charge is 0.488 e. The number of imidazole rings is 1. The van der Waals surface area contributed by atoms with Gasteiger partial charge in [-0.05, 0) is 183 Å². The maximum atomic E-state index is 6.55. The molecule has 0 spiro atoms. The smallest absolute Gasteiger partial charge is 0.149 e. The van der Waals surface area contributed by atoms with Crippen LogP contribution in [-0.2, 0) is 50.6 Å². The monoisotopic (exact) mass is 1660 g/mol. The van der Waals surface area contributed by atoms with Gasteiger partial charge in [-0.2, -0.15) is 5.10 Å². The predicted octanol–water partition coefficient (Wildman–Crippen LogP) is 14.4. The van der Waals surface area contributed by atoms with E-state index in [-0.39, 0.29) is 24.4 Å². The maximum absolute atomic E-state index is 6.55. The molecular weight excluding hydrogens is 1540 g/mol. The molecule has 7 aromatic heterocycles. The molecule has 0 radical (unpaired) electrons. The summed E-state index contributed by atoms with van der Waals surface area (Å²) in [6.45, 7) is 17.2. The quantitative estimate of drug-likeness (QED) is 0.0700. The van der Waals surface area contributed by atoms with Crippen LogP contribution < -0.4 is 43.9 Å². The molecule has 21 rings (SSSR count).